The van der Waals surface area contributed by atoms with E-state index < -0.39 is 6.03 Å². The first-order chi connectivity index (χ1) is 11.5. The number of rotatable bonds is 7. The van der Waals surface area contributed by atoms with Gasteiger partial charge in [-0.05, 0) is 24.6 Å². The van der Waals surface area contributed by atoms with E-state index in [2.05, 4.69) is 33.7 Å². The number of hydrogen-bond donors (Lipinski definition) is 2. The number of aromatic nitrogens is 2. The molecule has 0 unspecified atom stereocenters. The van der Waals surface area contributed by atoms with Crippen LogP contribution in [0.5, 0.6) is 0 Å². The van der Waals surface area contributed by atoms with Crippen molar-refractivity contribution < 1.29 is 9.59 Å². The predicted molar refractivity (Wildman–Crippen MR) is 97.5 cm³/mol. The zero-order valence-corrected chi connectivity index (χ0v) is 14.9. The minimum atomic E-state index is -0.533. The van der Waals surface area contributed by atoms with Gasteiger partial charge >= 0.3 is 6.03 Å². The Morgan fingerprint density at radius 3 is 2.96 bits per heavy atom. The summed E-state index contributed by atoms with van der Waals surface area (Å²) in [5, 5.41) is 6.10. The van der Waals surface area contributed by atoms with Crippen LogP contribution in [0.1, 0.15) is 13.3 Å². The van der Waals surface area contributed by atoms with Crippen LogP contribution in [-0.4, -0.2) is 33.8 Å². The number of carbonyl (C=O) groups is 2. The summed E-state index contributed by atoms with van der Waals surface area (Å²) in [5.41, 5.74) is 1.77. The zero-order valence-electron chi connectivity index (χ0n) is 13.3. The number of imide groups is 1. The van der Waals surface area contributed by atoms with Crippen molar-refractivity contribution in [1.82, 2.24) is 20.2 Å². The lowest BCUT2D eigenvalue weighted by atomic mass is 10.3. The standard InChI is InChI=1S/C16H19ClN4O2S/c1-3-7-18-15(23)20-14(22)10-24-16-19-12-9-11(17)5-6-13(12)21(16)8-4-2/h3,5-6,9H,1,4,7-8,10H2,2H3,(H2,18,20,22,23). The Kier molecular flexibility index (Phi) is 6.69. The first-order valence-corrected chi connectivity index (χ1v) is 8.88. The molecule has 8 heteroatoms. The molecule has 0 spiro atoms. The van der Waals surface area contributed by atoms with E-state index in [0.717, 1.165) is 29.2 Å². The molecule has 1 aromatic heterocycles. The molecule has 2 aromatic rings. The number of amides is 3. The summed E-state index contributed by atoms with van der Waals surface area (Å²) >= 11 is 7.30. The number of urea groups is 1. The molecule has 2 rings (SSSR count). The molecule has 1 heterocycles. The molecule has 0 fully saturated rings. The van der Waals surface area contributed by atoms with Crippen LogP contribution < -0.4 is 10.6 Å². The summed E-state index contributed by atoms with van der Waals surface area (Å²) < 4.78 is 2.06. The monoisotopic (exact) mass is 366 g/mol. The molecule has 0 atom stereocenters. The lowest BCUT2D eigenvalue weighted by molar-refractivity contribution is -0.117. The molecule has 3 amide bonds. The van der Waals surface area contributed by atoms with E-state index in [1.165, 1.54) is 17.8 Å². The molecule has 0 saturated heterocycles. The molecule has 1 aromatic carbocycles. The van der Waals surface area contributed by atoms with Gasteiger partial charge in [-0.15, -0.1) is 6.58 Å². The van der Waals surface area contributed by atoms with Crippen LogP contribution >= 0.6 is 23.4 Å². The van der Waals surface area contributed by atoms with Crippen molar-refractivity contribution in [1.29, 1.82) is 0 Å². The molecule has 6 nitrogen and oxygen atoms in total. The molecule has 2 N–H and O–H groups in total. The number of benzene rings is 1. The summed E-state index contributed by atoms with van der Waals surface area (Å²) in [5.74, 6) is -0.280. The van der Waals surface area contributed by atoms with Crippen LogP contribution in [-0.2, 0) is 11.3 Å². The molecule has 0 aliphatic heterocycles. The number of thioether (sulfide) groups is 1. The Labute approximate surface area is 149 Å². The molecule has 0 aliphatic rings. The third kappa shape index (κ3) is 4.75. The van der Waals surface area contributed by atoms with Gasteiger partial charge < -0.3 is 9.88 Å². The fourth-order valence-corrected chi connectivity index (χ4v) is 3.14. The van der Waals surface area contributed by atoms with Gasteiger partial charge in [-0.25, -0.2) is 9.78 Å². The molecule has 0 saturated carbocycles. The number of carbonyl (C=O) groups excluding carboxylic acids is 2. The fourth-order valence-electron chi connectivity index (χ4n) is 2.13. The molecule has 0 aliphatic carbocycles. The Morgan fingerprint density at radius 2 is 2.25 bits per heavy atom. The van der Waals surface area contributed by atoms with Gasteiger partial charge in [-0.3, -0.25) is 10.1 Å². The highest BCUT2D eigenvalue weighted by Gasteiger charge is 2.14. The summed E-state index contributed by atoms with van der Waals surface area (Å²) in [4.78, 5) is 27.8. The lowest BCUT2D eigenvalue weighted by Crippen LogP contribution is -2.40. The maximum absolute atomic E-state index is 11.9. The van der Waals surface area contributed by atoms with Gasteiger partial charge in [0.05, 0.1) is 16.8 Å². The highest BCUT2D eigenvalue weighted by atomic mass is 35.5. The van der Waals surface area contributed by atoms with Crippen LogP contribution in [0.15, 0.2) is 36.0 Å². The Hall–Kier alpha value is -1.99. The summed E-state index contributed by atoms with van der Waals surface area (Å²) in [7, 11) is 0. The van der Waals surface area contributed by atoms with Gasteiger partial charge in [0, 0.05) is 18.1 Å². The molecular weight excluding hydrogens is 348 g/mol. The van der Waals surface area contributed by atoms with Crippen LogP contribution in [0, 0.1) is 0 Å². The van der Waals surface area contributed by atoms with E-state index in [9.17, 15) is 9.59 Å². The van der Waals surface area contributed by atoms with Crippen molar-refractivity contribution in [2.24, 2.45) is 0 Å². The van der Waals surface area contributed by atoms with Gasteiger partial charge in [0.2, 0.25) is 5.91 Å². The SMILES string of the molecule is C=CCNC(=O)NC(=O)CSc1nc2cc(Cl)ccc2n1CCC. The van der Waals surface area contributed by atoms with Crippen molar-refractivity contribution in [3.8, 4) is 0 Å². The van der Waals surface area contributed by atoms with Crippen molar-refractivity contribution in [3.63, 3.8) is 0 Å². The Bertz CT molecular complexity index is 760. The third-order valence-corrected chi connectivity index (χ3v) is 4.33. The van der Waals surface area contributed by atoms with Gasteiger partial charge in [0.15, 0.2) is 5.16 Å². The minimum Gasteiger partial charge on any atom is -0.334 e. The van der Waals surface area contributed by atoms with Gasteiger partial charge in [-0.2, -0.15) is 0 Å². The number of imidazole rings is 1. The van der Waals surface area contributed by atoms with Gasteiger partial charge in [-0.1, -0.05) is 36.4 Å². The number of halogens is 1. The van der Waals surface area contributed by atoms with Crippen molar-refractivity contribution in [2.45, 2.75) is 25.0 Å². The second-order valence-corrected chi connectivity index (χ2v) is 6.39. The molecule has 24 heavy (non-hydrogen) atoms. The topological polar surface area (TPSA) is 76.0 Å². The van der Waals surface area contributed by atoms with E-state index >= 15 is 0 Å². The van der Waals surface area contributed by atoms with E-state index in [1.54, 1.807) is 6.07 Å². The van der Waals surface area contributed by atoms with E-state index in [4.69, 9.17) is 11.6 Å². The van der Waals surface area contributed by atoms with Crippen molar-refractivity contribution >= 4 is 46.3 Å². The largest absolute Gasteiger partial charge is 0.334 e. The second kappa shape index (κ2) is 8.75. The Balaban J connectivity index is 2.06. The number of nitrogens with one attached hydrogen (secondary N) is 2. The Morgan fingerprint density at radius 1 is 1.46 bits per heavy atom. The van der Waals surface area contributed by atoms with Crippen LogP contribution in [0.4, 0.5) is 4.79 Å². The average Bonchev–Trinajstić information content (AvgIpc) is 2.88. The number of aryl methyl sites for hydroxylation is 1. The smallest absolute Gasteiger partial charge is 0.321 e. The highest BCUT2D eigenvalue weighted by molar-refractivity contribution is 7.99. The first-order valence-electron chi connectivity index (χ1n) is 7.52. The van der Waals surface area contributed by atoms with Crippen molar-refractivity contribution in [3.05, 3.63) is 35.9 Å². The second-order valence-electron chi connectivity index (χ2n) is 5.01. The maximum Gasteiger partial charge on any atom is 0.321 e. The number of nitrogens with zero attached hydrogens (tertiary/aromatic N) is 2. The van der Waals surface area contributed by atoms with E-state index in [1.807, 2.05) is 12.1 Å². The zero-order chi connectivity index (χ0) is 17.5. The van der Waals surface area contributed by atoms with Crippen LogP contribution in [0.25, 0.3) is 11.0 Å². The van der Waals surface area contributed by atoms with Crippen LogP contribution in [0.2, 0.25) is 5.02 Å². The highest BCUT2D eigenvalue weighted by Crippen LogP contribution is 2.26. The predicted octanol–water partition coefficient (Wildman–Crippen LogP) is 3.20. The fraction of sp³-hybridized carbons (Fsp3) is 0.312. The van der Waals surface area contributed by atoms with Gasteiger partial charge in [0.1, 0.15) is 0 Å². The van der Waals surface area contributed by atoms with E-state index in [-0.39, 0.29) is 11.7 Å². The first kappa shape index (κ1) is 18.4. The van der Waals surface area contributed by atoms with Crippen LogP contribution in [0.3, 0.4) is 0 Å². The molecule has 0 bridgehead atoms. The maximum atomic E-state index is 11.9. The van der Waals surface area contributed by atoms with Gasteiger partial charge in [0.25, 0.3) is 0 Å². The average molecular weight is 367 g/mol. The lowest BCUT2D eigenvalue weighted by Gasteiger charge is -2.07. The van der Waals surface area contributed by atoms with Crippen molar-refractivity contribution in [2.75, 3.05) is 12.3 Å². The molecular formula is C16H19ClN4O2S. The summed E-state index contributed by atoms with van der Waals surface area (Å²) in [6, 6.07) is 5.01. The molecule has 0 radical (unpaired) electrons. The summed E-state index contributed by atoms with van der Waals surface area (Å²) in [6.45, 7) is 6.66. The normalized spacial score (nSPS) is 10.6. The summed E-state index contributed by atoms with van der Waals surface area (Å²) in [6.07, 6.45) is 2.48. The minimum absolute atomic E-state index is 0.0995. The molecule has 128 valence electrons. The van der Waals surface area contributed by atoms with E-state index in [0.29, 0.717) is 11.6 Å². The third-order valence-electron chi connectivity index (χ3n) is 3.11. The number of hydrogen-bond acceptors (Lipinski definition) is 4. The quantitative estimate of drug-likeness (QED) is 0.582. The number of fused-ring (bicyclic) bond motifs is 1.